The third-order valence-electron chi connectivity index (χ3n) is 5.48. The van der Waals surface area contributed by atoms with E-state index in [1.54, 1.807) is 0 Å². The van der Waals surface area contributed by atoms with Gasteiger partial charge in [-0.3, -0.25) is 0 Å². The van der Waals surface area contributed by atoms with Crippen LogP contribution in [0.5, 0.6) is 0 Å². The number of hydrogen-bond acceptors (Lipinski definition) is 6. The lowest BCUT2D eigenvalue weighted by Gasteiger charge is -2.31. The van der Waals surface area contributed by atoms with Crippen molar-refractivity contribution in [1.29, 1.82) is 0 Å². The number of aromatic nitrogens is 2. The number of hydrazone groups is 1. The van der Waals surface area contributed by atoms with E-state index in [9.17, 15) is 22.0 Å². The van der Waals surface area contributed by atoms with Crippen molar-refractivity contribution in [3.63, 3.8) is 0 Å². The number of nitrogens with one attached hydrogen (secondary N) is 2. The van der Waals surface area contributed by atoms with Crippen LogP contribution in [0.2, 0.25) is 0 Å². The highest BCUT2D eigenvalue weighted by atomic mass is 19.4. The highest BCUT2D eigenvalue weighted by molar-refractivity contribution is 6.02. The Labute approximate surface area is 159 Å². The predicted molar refractivity (Wildman–Crippen MR) is 94.4 cm³/mol. The van der Waals surface area contributed by atoms with Crippen LogP contribution in [-0.2, 0) is 0 Å². The lowest BCUT2D eigenvalue weighted by molar-refractivity contribution is -0.279. The van der Waals surface area contributed by atoms with E-state index in [4.69, 9.17) is 5.84 Å². The second kappa shape index (κ2) is 7.76. The molecule has 3 rings (SSSR count). The van der Waals surface area contributed by atoms with Crippen LogP contribution in [-0.4, -0.2) is 46.9 Å². The van der Waals surface area contributed by atoms with Gasteiger partial charge in [-0.15, -0.1) is 0 Å². The lowest BCUT2D eigenvalue weighted by Crippen LogP contribution is -2.48. The summed E-state index contributed by atoms with van der Waals surface area (Å²) >= 11 is 0. The van der Waals surface area contributed by atoms with E-state index < -0.39 is 24.7 Å². The van der Waals surface area contributed by atoms with Crippen LogP contribution >= 0.6 is 0 Å². The molecular weight excluding hydrogens is 383 g/mol. The van der Waals surface area contributed by atoms with Gasteiger partial charge in [-0.1, -0.05) is 6.92 Å². The highest BCUT2D eigenvalue weighted by Crippen LogP contribution is 2.37. The molecule has 1 unspecified atom stereocenters. The van der Waals surface area contributed by atoms with Crippen LogP contribution in [0, 0.1) is 5.92 Å². The summed E-state index contributed by atoms with van der Waals surface area (Å²) < 4.78 is 63.1. The molecule has 0 bridgehead atoms. The normalized spacial score (nSPS) is 26.1. The monoisotopic (exact) mass is 406 g/mol. The molecule has 1 aliphatic carbocycles. The lowest BCUT2D eigenvalue weighted by atomic mass is 9.81. The molecule has 1 aromatic rings. The van der Waals surface area contributed by atoms with E-state index >= 15 is 0 Å². The van der Waals surface area contributed by atoms with Crippen LogP contribution in [0.1, 0.15) is 49.8 Å². The zero-order valence-corrected chi connectivity index (χ0v) is 15.4. The molecule has 2 aliphatic rings. The van der Waals surface area contributed by atoms with Crippen LogP contribution in [0.3, 0.4) is 0 Å². The van der Waals surface area contributed by atoms with Crippen LogP contribution < -0.4 is 16.5 Å². The number of halogens is 5. The average Bonchev–Trinajstić information content (AvgIpc) is 3.03. The Balaban J connectivity index is 1.63. The molecule has 4 N–H and O–H groups in total. The molecular formula is C17H23F5N6. The summed E-state index contributed by atoms with van der Waals surface area (Å²) in [6.07, 6.45) is -2.04. The fraction of sp³-hybridized carbons (Fsp3) is 0.706. The molecule has 1 atom stereocenters. The maximum Gasteiger partial charge on any atom is 0.454 e. The minimum absolute atomic E-state index is 0.0297. The van der Waals surface area contributed by atoms with Crippen molar-refractivity contribution in [1.82, 2.24) is 15.3 Å². The number of rotatable bonds is 5. The van der Waals surface area contributed by atoms with Gasteiger partial charge >= 0.3 is 12.1 Å². The first-order valence-electron chi connectivity index (χ1n) is 9.19. The van der Waals surface area contributed by atoms with Crippen LogP contribution in [0.25, 0.3) is 0 Å². The molecule has 0 radical (unpaired) electrons. The van der Waals surface area contributed by atoms with Gasteiger partial charge in [0.15, 0.2) is 0 Å². The summed E-state index contributed by atoms with van der Waals surface area (Å²) in [5, 5.41) is 9.51. The van der Waals surface area contributed by atoms with Gasteiger partial charge in [0, 0.05) is 30.0 Å². The summed E-state index contributed by atoms with van der Waals surface area (Å²) in [4.78, 5) is 8.58. The Hall–Kier alpha value is -2.04. The van der Waals surface area contributed by atoms with Gasteiger partial charge in [0.1, 0.15) is 12.1 Å². The third kappa shape index (κ3) is 4.03. The van der Waals surface area contributed by atoms with Crippen molar-refractivity contribution < 1.29 is 22.0 Å². The number of nitrogens with two attached hydrogens (primary N) is 1. The summed E-state index contributed by atoms with van der Waals surface area (Å²) in [6, 6.07) is -0.403. The number of alkyl halides is 5. The fourth-order valence-electron chi connectivity index (χ4n) is 3.86. The largest absolute Gasteiger partial charge is 0.454 e. The van der Waals surface area contributed by atoms with Gasteiger partial charge in [-0.25, -0.2) is 9.97 Å². The molecule has 156 valence electrons. The van der Waals surface area contributed by atoms with E-state index in [1.165, 1.54) is 6.33 Å². The number of anilines is 1. The Morgan fingerprint density at radius 3 is 2.50 bits per heavy atom. The second-order valence-electron chi connectivity index (χ2n) is 7.41. The van der Waals surface area contributed by atoms with E-state index in [2.05, 4.69) is 25.7 Å². The maximum absolute atomic E-state index is 13.1. The number of fused-ring (bicyclic) bond motifs is 1. The molecule has 28 heavy (non-hydrogen) atoms. The summed E-state index contributed by atoms with van der Waals surface area (Å²) in [5.74, 6) is 1.83. The quantitative estimate of drug-likeness (QED) is 0.303. The smallest absolute Gasteiger partial charge is 0.369 e. The van der Waals surface area contributed by atoms with Gasteiger partial charge in [-0.05, 0) is 25.7 Å². The average molecular weight is 406 g/mol. The molecule has 0 spiro atoms. The van der Waals surface area contributed by atoms with Crippen molar-refractivity contribution in [2.45, 2.75) is 56.7 Å². The molecule has 6 nitrogen and oxygen atoms in total. The van der Waals surface area contributed by atoms with E-state index in [0.717, 1.165) is 17.9 Å². The summed E-state index contributed by atoms with van der Waals surface area (Å²) in [5.41, 5.74) is 2.27. The topological polar surface area (TPSA) is 88.2 Å². The third-order valence-corrected chi connectivity index (χ3v) is 5.48. The minimum atomic E-state index is -5.55. The van der Waals surface area contributed by atoms with Gasteiger partial charge in [-0.2, -0.15) is 27.1 Å². The standard InChI is InChI=1S/C17H23F5N6/c1-9-6-24-15-12(9)14(26-8-27-15)13(28-23)10-2-4-11(5-3-10)25-7-16(18,19)17(20,21)22/h8-11,25H,2-7,23H2,1H3,(H,24,26,27). The predicted octanol–water partition coefficient (Wildman–Crippen LogP) is 3.01. The Morgan fingerprint density at radius 1 is 1.21 bits per heavy atom. The molecule has 1 aromatic heterocycles. The van der Waals surface area contributed by atoms with Gasteiger partial charge in [0.2, 0.25) is 0 Å². The zero-order chi connectivity index (χ0) is 20.5. The summed E-state index contributed by atoms with van der Waals surface area (Å²) in [7, 11) is 0. The van der Waals surface area contributed by atoms with Gasteiger partial charge in [0.05, 0.1) is 18.0 Å². The Morgan fingerprint density at radius 2 is 1.89 bits per heavy atom. The molecule has 2 heterocycles. The molecule has 0 amide bonds. The van der Waals surface area contributed by atoms with Crippen molar-refractivity contribution in [2.24, 2.45) is 16.9 Å². The van der Waals surface area contributed by atoms with Crippen molar-refractivity contribution in [2.75, 3.05) is 18.4 Å². The zero-order valence-electron chi connectivity index (χ0n) is 15.4. The first-order chi connectivity index (χ1) is 13.1. The molecule has 1 saturated carbocycles. The number of nitrogens with zero attached hydrogens (tertiary/aromatic N) is 3. The Bertz CT molecular complexity index is 727. The maximum atomic E-state index is 13.1. The van der Waals surface area contributed by atoms with Crippen LogP contribution in [0.4, 0.5) is 27.8 Å². The van der Waals surface area contributed by atoms with Gasteiger partial charge < -0.3 is 16.5 Å². The van der Waals surface area contributed by atoms with Crippen LogP contribution in [0.15, 0.2) is 11.4 Å². The molecule has 0 aromatic carbocycles. The molecule has 0 saturated heterocycles. The van der Waals surface area contributed by atoms with Crippen molar-refractivity contribution in [3.05, 3.63) is 17.6 Å². The summed E-state index contributed by atoms with van der Waals surface area (Å²) in [6.45, 7) is 1.37. The first-order valence-corrected chi connectivity index (χ1v) is 9.19. The Kier molecular flexibility index (Phi) is 5.74. The van der Waals surface area contributed by atoms with E-state index in [-0.39, 0.29) is 11.8 Å². The fourth-order valence-corrected chi connectivity index (χ4v) is 3.86. The van der Waals surface area contributed by atoms with E-state index in [1.807, 2.05) is 6.92 Å². The SMILES string of the molecule is CC1CNc2ncnc(C(=NN)C3CCC(NCC(F)(F)C(F)(F)F)CC3)c21. The molecule has 11 heteroatoms. The van der Waals surface area contributed by atoms with E-state index in [0.29, 0.717) is 37.1 Å². The second-order valence-corrected chi connectivity index (χ2v) is 7.41. The molecule has 1 fully saturated rings. The first kappa shape index (κ1) is 20.7. The van der Waals surface area contributed by atoms with Crippen molar-refractivity contribution in [3.8, 4) is 0 Å². The molecule has 1 aliphatic heterocycles. The number of hydrogen-bond donors (Lipinski definition) is 3. The highest BCUT2D eigenvalue weighted by Gasteiger charge is 2.57. The minimum Gasteiger partial charge on any atom is -0.369 e. The van der Waals surface area contributed by atoms with Crippen molar-refractivity contribution >= 4 is 11.5 Å². The van der Waals surface area contributed by atoms with Gasteiger partial charge in [0.25, 0.3) is 0 Å².